The van der Waals surface area contributed by atoms with Crippen molar-refractivity contribution < 1.29 is 14.6 Å². The molecule has 4 fully saturated rings. The van der Waals surface area contributed by atoms with Gasteiger partial charge in [-0.3, -0.25) is 0 Å². The third-order valence-electron chi connectivity index (χ3n) is 4.54. The first-order chi connectivity index (χ1) is 7.22. The van der Waals surface area contributed by atoms with E-state index in [9.17, 15) is 4.79 Å². The van der Waals surface area contributed by atoms with E-state index in [2.05, 4.69) is 0 Å². The van der Waals surface area contributed by atoms with Crippen molar-refractivity contribution in [1.29, 1.82) is 0 Å². The van der Waals surface area contributed by atoms with Crippen molar-refractivity contribution in [2.75, 3.05) is 6.61 Å². The number of carboxylic acids is 1. The van der Waals surface area contributed by atoms with Crippen LogP contribution in [0.3, 0.4) is 0 Å². The minimum Gasteiger partial charge on any atom is -0.480 e. The van der Waals surface area contributed by atoms with E-state index < -0.39 is 5.97 Å². The Kier molecular flexibility index (Phi) is 2.23. The summed E-state index contributed by atoms with van der Waals surface area (Å²) in [6.45, 7) is -0.104. The molecular formula is C12H18O3. The van der Waals surface area contributed by atoms with Crippen molar-refractivity contribution >= 4 is 5.97 Å². The molecular weight excluding hydrogens is 192 g/mol. The first-order valence-corrected chi connectivity index (χ1v) is 6.05. The van der Waals surface area contributed by atoms with Crippen LogP contribution in [0.4, 0.5) is 0 Å². The lowest BCUT2D eigenvalue weighted by Gasteiger charge is -2.53. The smallest absolute Gasteiger partial charge is 0.329 e. The second-order valence-electron chi connectivity index (χ2n) is 5.60. The lowest BCUT2D eigenvalue weighted by Crippen LogP contribution is -2.49. The molecule has 4 rings (SSSR count). The van der Waals surface area contributed by atoms with Gasteiger partial charge in [-0.15, -0.1) is 0 Å². The predicted molar refractivity (Wildman–Crippen MR) is 54.4 cm³/mol. The van der Waals surface area contributed by atoms with E-state index in [0.29, 0.717) is 11.8 Å². The second kappa shape index (κ2) is 3.48. The molecule has 3 heteroatoms. The average Bonchev–Trinajstić information content (AvgIpc) is 2.14. The lowest BCUT2D eigenvalue weighted by molar-refractivity contribution is -0.159. The van der Waals surface area contributed by atoms with Gasteiger partial charge in [-0.05, 0) is 55.8 Å². The Morgan fingerprint density at radius 1 is 1.07 bits per heavy atom. The molecule has 15 heavy (non-hydrogen) atoms. The number of ether oxygens (including phenoxy) is 1. The Hall–Kier alpha value is -0.570. The molecule has 0 aromatic carbocycles. The molecule has 0 radical (unpaired) electrons. The summed E-state index contributed by atoms with van der Waals surface area (Å²) < 4.78 is 5.58. The quantitative estimate of drug-likeness (QED) is 0.774. The van der Waals surface area contributed by atoms with Crippen LogP contribution >= 0.6 is 0 Å². The summed E-state index contributed by atoms with van der Waals surface area (Å²) >= 11 is 0. The molecule has 3 nitrogen and oxygen atoms in total. The van der Waals surface area contributed by atoms with E-state index >= 15 is 0 Å². The number of rotatable bonds is 3. The fraction of sp³-hybridized carbons (Fsp3) is 0.917. The summed E-state index contributed by atoms with van der Waals surface area (Å²) in [6, 6.07) is 0. The molecule has 0 aromatic rings. The Bertz CT molecular complexity index is 246. The van der Waals surface area contributed by atoms with Crippen LogP contribution in [0, 0.1) is 23.7 Å². The molecule has 0 amide bonds. The van der Waals surface area contributed by atoms with E-state index in [1.165, 1.54) is 32.1 Å². The van der Waals surface area contributed by atoms with Gasteiger partial charge in [0.25, 0.3) is 0 Å². The largest absolute Gasteiger partial charge is 0.480 e. The maximum Gasteiger partial charge on any atom is 0.329 e. The number of carboxylic acid groups (broad SMARTS) is 1. The Labute approximate surface area is 89.8 Å². The highest BCUT2D eigenvalue weighted by Crippen LogP contribution is 2.54. The van der Waals surface area contributed by atoms with Crippen LogP contribution in [0.2, 0.25) is 0 Å². The van der Waals surface area contributed by atoms with Crippen molar-refractivity contribution in [2.24, 2.45) is 23.7 Å². The number of hydrogen-bond donors (Lipinski definition) is 1. The molecule has 4 aliphatic rings. The molecule has 4 saturated carbocycles. The molecule has 0 aromatic heterocycles. The van der Waals surface area contributed by atoms with Crippen molar-refractivity contribution in [3.8, 4) is 0 Å². The van der Waals surface area contributed by atoms with Gasteiger partial charge in [0.05, 0.1) is 6.10 Å². The van der Waals surface area contributed by atoms with Gasteiger partial charge >= 0.3 is 5.97 Å². The summed E-state index contributed by atoms with van der Waals surface area (Å²) in [4.78, 5) is 10.5. The molecule has 0 spiro atoms. The van der Waals surface area contributed by atoms with Gasteiger partial charge < -0.3 is 9.84 Å². The predicted octanol–water partition coefficient (Wildman–Crippen LogP) is 1.91. The molecule has 0 heterocycles. The molecule has 4 aliphatic carbocycles. The second-order valence-corrected chi connectivity index (χ2v) is 5.60. The van der Waals surface area contributed by atoms with Gasteiger partial charge in [0.1, 0.15) is 6.61 Å². The zero-order chi connectivity index (χ0) is 10.4. The van der Waals surface area contributed by atoms with E-state index in [0.717, 1.165) is 11.8 Å². The number of aliphatic carboxylic acids is 1. The van der Waals surface area contributed by atoms with Crippen LogP contribution in [-0.2, 0) is 9.53 Å². The summed E-state index contributed by atoms with van der Waals surface area (Å²) in [5, 5.41) is 8.64. The Balaban J connectivity index is 1.67. The SMILES string of the molecule is O=C(O)COC1C2CC3CC(C2)CC1C3. The summed E-state index contributed by atoms with van der Waals surface area (Å²) in [6.07, 6.45) is 6.84. The summed E-state index contributed by atoms with van der Waals surface area (Å²) in [5.41, 5.74) is 0. The van der Waals surface area contributed by atoms with Crippen LogP contribution in [0.15, 0.2) is 0 Å². The Morgan fingerprint density at radius 3 is 2.07 bits per heavy atom. The highest BCUT2D eigenvalue weighted by atomic mass is 16.5. The normalized spacial score (nSPS) is 47.1. The average molecular weight is 210 g/mol. The monoisotopic (exact) mass is 210 g/mol. The maximum absolute atomic E-state index is 10.5. The molecule has 1 N–H and O–H groups in total. The van der Waals surface area contributed by atoms with Crippen LogP contribution in [0.25, 0.3) is 0 Å². The molecule has 0 saturated heterocycles. The maximum atomic E-state index is 10.5. The van der Waals surface area contributed by atoms with Crippen LogP contribution in [0.1, 0.15) is 32.1 Å². The van der Waals surface area contributed by atoms with Gasteiger partial charge in [-0.25, -0.2) is 4.79 Å². The van der Waals surface area contributed by atoms with E-state index in [-0.39, 0.29) is 12.7 Å². The van der Waals surface area contributed by atoms with Gasteiger partial charge in [-0.2, -0.15) is 0 Å². The van der Waals surface area contributed by atoms with Gasteiger partial charge in [0.15, 0.2) is 0 Å². The van der Waals surface area contributed by atoms with Crippen molar-refractivity contribution in [3.63, 3.8) is 0 Å². The molecule has 84 valence electrons. The van der Waals surface area contributed by atoms with Gasteiger partial charge in [-0.1, -0.05) is 0 Å². The van der Waals surface area contributed by atoms with Crippen LogP contribution in [0.5, 0.6) is 0 Å². The fourth-order valence-electron chi connectivity index (χ4n) is 4.31. The third kappa shape index (κ3) is 1.67. The zero-order valence-corrected chi connectivity index (χ0v) is 8.89. The van der Waals surface area contributed by atoms with E-state index in [1.54, 1.807) is 0 Å². The zero-order valence-electron chi connectivity index (χ0n) is 8.89. The Morgan fingerprint density at radius 2 is 1.60 bits per heavy atom. The molecule has 0 unspecified atom stereocenters. The summed E-state index contributed by atoms with van der Waals surface area (Å²) in [5.74, 6) is 2.36. The van der Waals surface area contributed by atoms with E-state index in [1.807, 2.05) is 0 Å². The fourth-order valence-corrected chi connectivity index (χ4v) is 4.31. The topological polar surface area (TPSA) is 46.5 Å². The van der Waals surface area contributed by atoms with Gasteiger partial charge in [0, 0.05) is 0 Å². The molecule has 0 aliphatic heterocycles. The number of carbonyl (C=O) groups is 1. The highest BCUT2D eigenvalue weighted by Gasteiger charge is 2.48. The molecule has 0 atom stereocenters. The van der Waals surface area contributed by atoms with Crippen molar-refractivity contribution in [1.82, 2.24) is 0 Å². The minimum atomic E-state index is -0.830. The third-order valence-corrected chi connectivity index (χ3v) is 4.54. The number of hydrogen-bond acceptors (Lipinski definition) is 2. The lowest BCUT2D eigenvalue weighted by atomic mass is 9.55. The molecule has 4 bridgehead atoms. The van der Waals surface area contributed by atoms with E-state index in [4.69, 9.17) is 9.84 Å². The first kappa shape index (κ1) is 9.64. The highest BCUT2D eigenvalue weighted by molar-refractivity contribution is 5.68. The van der Waals surface area contributed by atoms with Crippen molar-refractivity contribution in [2.45, 2.75) is 38.2 Å². The van der Waals surface area contributed by atoms with Crippen LogP contribution in [-0.4, -0.2) is 23.8 Å². The first-order valence-electron chi connectivity index (χ1n) is 6.05. The standard InChI is InChI=1S/C12H18O3/c13-11(14)6-15-12-9-2-7-1-8(4-9)5-10(12)3-7/h7-10,12H,1-6H2,(H,13,14). The van der Waals surface area contributed by atoms with Crippen molar-refractivity contribution in [3.05, 3.63) is 0 Å². The minimum absolute atomic E-state index is 0.104. The summed E-state index contributed by atoms with van der Waals surface area (Å²) in [7, 11) is 0. The van der Waals surface area contributed by atoms with Gasteiger partial charge in [0.2, 0.25) is 0 Å². The van der Waals surface area contributed by atoms with Crippen LogP contribution < -0.4 is 0 Å².